The molecule has 6 aliphatic rings. The van der Waals surface area contributed by atoms with Gasteiger partial charge in [-0.1, -0.05) is 71.8 Å². The van der Waals surface area contributed by atoms with Gasteiger partial charge in [0.15, 0.2) is 12.6 Å². The van der Waals surface area contributed by atoms with Crippen LogP contribution in [0, 0.1) is 45.3 Å². The number of aliphatic carboxylic acids is 1. The van der Waals surface area contributed by atoms with E-state index in [1.807, 2.05) is 0 Å². The average Bonchev–Trinajstić information content (AvgIpc) is 3.45. The van der Waals surface area contributed by atoms with Gasteiger partial charge in [-0.2, -0.15) is 0 Å². The maximum atomic E-state index is 13.7. The van der Waals surface area contributed by atoms with E-state index in [0.717, 1.165) is 51.4 Å². The Bertz CT molecular complexity index is 1430. The highest BCUT2D eigenvalue weighted by Crippen LogP contribution is 2.73. The van der Waals surface area contributed by atoms with Crippen molar-refractivity contribution in [3.63, 3.8) is 0 Å². The topological polar surface area (TPSA) is 196 Å². The number of fused-ring (bicyclic) bond motifs is 4. The normalized spacial score (nSPS) is 46.8. The summed E-state index contributed by atoms with van der Waals surface area (Å²) in [5.41, 5.74) is 1.94. The molecule has 0 radical (unpaired) electrons. The van der Waals surface area contributed by atoms with E-state index in [-0.39, 0.29) is 29.5 Å². The van der Waals surface area contributed by atoms with Gasteiger partial charge in [0.25, 0.3) is 0 Å². The Morgan fingerprint density at radius 3 is 2.22 bits per heavy atom. The van der Waals surface area contributed by atoms with Gasteiger partial charge in [0, 0.05) is 0 Å². The lowest BCUT2D eigenvalue weighted by Crippen LogP contribution is -2.64. The number of carboxylic acids is 1. The first-order chi connectivity index (χ1) is 25.3. The molecular formula is C42H68O12. The molecule has 2 aliphatic heterocycles. The van der Waals surface area contributed by atoms with Crippen LogP contribution in [0.3, 0.4) is 0 Å². The highest BCUT2D eigenvalue weighted by molar-refractivity contribution is 5.82. The first kappa shape index (κ1) is 42.2. The second kappa shape index (κ2) is 15.4. The van der Waals surface area contributed by atoms with Crippen LogP contribution in [0.1, 0.15) is 113 Å². The summed E-state index contributed by atoms with van der Waals surface area (Å²) in [7, 11) is 0. The number of aliphatic hydroxyl groups excluding tert-OH is 6. The summed E-state index contributed by atoms with van der Waals surface area (Å²) in [6.07, 6.45) is -5.06. The molecule has 6 rings (SSSR count). The molecule has 0 amide bonds. The van der Waals surface area contributed by atoms with E-state index in [4.69, 9.17) is 18.9 Å². The molecule has 2 heterocycles. The van der Waals surface area contributed by atoms with Crippen LogP contribution in [0.4, 0.5) is 0 Å². The van der Waals surface area contributed by atoms with E-state index in [2.05, 4.69) is 55.0 Å². The standard InChI is InChI=1S/C42H68O12/c1-21(2)22(3)9-10-23(4)24-14-18-42(38(49)50)26-11-12-29-39(5,6)30(15-16-40(29,7)25(26)13-17-41(24,42)8)53-37-35(31(45)27(44)20-51-37)54-36-34(48)33(47)32(46)28(19-43)52-36/h21,23-24,27-37,43-48H,3,9-20H2,1-2,4-8H3,(H,49,50)/t23-,24-,27+,28-,29-,30+,31+,32+,33+,34-,35-,36+,37+,40-,41-,42+/m1/s1. The van der Waals surface area contributed by atoms with Gasteiger partial charge in [-0.15, -0.1) is 0 Å². The molecule has 7 N–H and O–H groups in total. The molecule has 0 spiro atoms. The summed E-state index contributed by atoms with van der Waals surface area (Å²) in [6.45, 7) is 19.1. The molecule has 0 unspecified atom stereocenters. The minimum atomic E-state index is -1.71. The first-order valence-corrected chi connectivity index (χ1v) is 20.5. The van der Waals surface area contributed by atoms with E-state index >= 15 is 0 Å². The molecule has 16 atom stereocenters. The SMILES string of the molecule is C=C(CC[C@@H](C)[C@H]1CC[C@@]2(C(=O)O)C3=C(CC[C@]12C)[C@@]1(C)CC[C@H](O[C@@H]2OC[C@H](O)[C@H](O)[C@H]2O[C@@H]2O[C@H](CO)[C@H](O)[C@H](O)[C@H]2O)C(C)(C)[C@H]1CC3)C(C)C. The molecule has 2 saturated carbocycles. The van der Waals surface area contributed by atoms with E-state index in [0.29, 0.717) is 30.6 Å². The molecule has 54 heavy (non-hydrogen) atoms. The zero-order valence-electron chi connectivity index (χ0n) is 33.4. The average molecular weight is 765 g/mol. The van der Waals surface area contributed by atoms with Gasteiger partial charge in [-0.05, 0) is 104 Å². The molecule has 0 aromatic carbocycles. The summed E-state index contributed by atoms with van der Waals surface area (Å²) in [5, 5.41) is 73.8. The molecule has 0 aromatic heterocycles. The zero-order valence-corrected chi connectivity index (χ0v) is 33.4. The van der Waals surface area contributed by atoms with E-state index < -0.39 is 78.7 Å². The number of aliphatic hydroxyl groups is 6. The van der Waals surface area contributed by atoms with Crippen molar-refractivity contribution in [2.24, 2.45) is 45.3 Å². The Labute approximate surface area is 320 Å². The molecule has 4 fully saturated rings. The van der Waals surface area contributed by atoms with Crippen LogP contribution in [0.5, 0.6) is 0 Å². The largest absolute Gasteiger partial charge is 0.481 e. The van der Waals surface area contributed by atoms with Crippen molar-refractivity contribution in [1.82, 2.24) is 0 Å². The van der Waals surface area contributed by atoms with Crippen molar-refractivity contribution in [3.05, 3.63) is 23.3 Å². The van der Waals surface area contributed by atoms with Crippen LogP contribution in [0.25, 0.3) is 0 Å². The summed E-state index contributed by atoms with van der Waals surface area (Å²) in [5.74, 6) is 0.675. The van der Waals surface area contributed by atoms with Gasteiger partial charge in [0.05, 0.1) is 24.7 Å². The second-order valence-electron chi connectivity index (χ2n) is 19.1. The van der Waals surface area contributed by atoms with Crippen molar-refractivity contribution in [1.29, 1.82) is 0 Å². The highest BCUT2D eigenvalue weighted by Gasteiger charge is 2.68. The molecule has 0 aromatic rings. The van der Waals surface area contributed by atoms with Gasteiger partial charge in [0.2, 0.25) is 0 Å². The Morgan fingerprint density at radius 2 is 1.57 bits per heavy atom. The molecule has 4 aliphatic carbocycles. The molecule has 0 bridgehead atoms. The number of carbonyl (C=O) groups is 1. The van der Waals surface area contributed by atoms with Crippen molar-refractivity contribution < 1.29 is 59.5 Å². The molecule has 12 heteroatoms. The number of rotatable bonds is 11. The van der Waals surface area contributed by atoms with Crippen LogP contribution >= 0.6 is 0 Å². The molecule has 2 saturated heterocycles. The Kier molecular flexibility index (Phi) is 12.0. The van der Waals surface area contributed by atoms with Gasteiger partial charge in [0.1, 0.15) is 42.7 Å². The van der Waals surface area contributed by atoms with Crippen LogP contribution in [-0.4, -0.2) is 116 Å². The number of hydrogen-bond acceptors (Lipinski definition) is 11. The molecular weight excluding hydrogens is 696 g/mol. The third-order valence-electron chi connectivity index (χ3n) is 15.9. The smallest absolute Gasteiger partial charge is 0.314 e. The monoisotopic (exact) mass is 764 g/mol. The van der Waals surface area contributed by atoms with Crippen LogP contribution in [0.15, 0.2) is 23.3 Å². The highest BCUT2D eigenvalue weighted by atomic mass is 16.8. The third kappa shape index (κ3) is 6.66. The number of carboxylic acid groups (broad SMARTS) is 1. The molecule has 12 nitrogen and oxygen atoms in total. The Balaban J connectivity index is 1.23. The lowest BCUT2D eigenvalue weighted by atomic mass is 9.43. The van der Waals surface area contributed by atoms with Crippen molar-refractivity contribution in [3.8, 4) is 0 Å². The van der Waals surface area contributed by atoms with E-state index in [1.54, 1.807) is 0 Å². The minimum absolute atomic E-state index is 0.166. The second-order valence-corrected chi connectivity index (χ2v) is 19.1. The van der Waals surface area contributed by atoms with Gasteiger partial charge in [-0.3, -0.25) is 4.79 Å². The predicted octanol–water partition coefficient (Wildman–Crippen LogP) is 4.08. The number of ether oxygens (including phenoxy) is 4. The first-order valence-electron chi connectivity index (χ1n) is 20.5. The Morgan fingerprint density at radius 1 is 0.870 bits per heavy atom. The number of hydrogen-bond donors (Lipinski definition) is 7. The van der Waals surface area contributed by atoms with Gasteiger partial charge in [-0.25, -0.2) is 0 Å². The summed E-state index contributed by atoms with van der Waals surface area (Å²) < 4.78 is 24.1. The zero-order chi connectivity index (χ0) is 39.7. The fourth-order valence-corrected chi connectivity index (χ4v) is 12.4. The maximum Gasteiger partial charge on any atom is 0.314 e. The summed E-state index contributed by atoms with van der Waals surface area (Å²) in [6, 6.07) is 0. The van der Waals surface area contributed by atoms with Crippen molar-refractivity contribution in [2.75, 3.05) is 13.2 Å². The Hall–Kier alpha value is -1.45. The summed E-state index contributed by atoms with van der Waals surface area (Å²) in [4.78, 5) is 13.7. The lowest BCUT2D eigenvalue weighted by molar-refractivity contribution is -0.365. The third-order valence-corrected chi connectivity index (χ3v) is 15.9. The van der Waals surface area contributed by atoms with Gasteiger partial charge >= 0.3 is 5.97 Å². The van der Waals surface area contributed by atoms with Crippen LogP contribution < -0.4 is 0 Å². The predicted molar refractivity (Wildman–Crippen MR) is 199 cm³/mol. The fourth-order valence-electron chi connectivity index (χ4n) is 12.4. The molecule has 308 valence electrons. The number of allylic oxidation sites excluding steroid dienone is 2. The van der Waals surface area contributed by atoms with Crippen LogP contribution in [0.2, 0.25) is 0 Å². The van der Waals surface area contributed by atoms with Crippen molar-refractivity contribution in [2.45, 2.75) is 174 Å². The maximum absolute atomic E-state index is 13.7. The van der Waals surface area contributed by atoms with Gasteiger partial charge < -0.3 is 54.7 Å². The quantitative estimate of drug-likeness (QED) is 0.149. The minimum Gasteiger partial charge on any atom is -0.481 e. The van der Waals surface area contributed by atoms with Crippen LogP contribution in [-0.2, 0) is 23.7 Å². The van der Waals surface area contributed by atoms with E-state index in [9.17, 15) is 40.5 Å². The summed E-state index contributed by atoms with van der Waals surface area (Å²) >= 11 is 0. The lowest BCUT2D eigenvalue weighted by Gasteiger charge is -2.62. The van der Waals surface area contributed by atoms with Crippen molar-refractivity contribution >= 4 is 5.97 Å². The fraction of sp³-hybridized carbons (Fsp3) is 0.881. The van der Waals surface area contributed by atoms with E-state index in [1.165, 1.54) is 16.7 Å².